The number of anilines is 1. The predicted molar refractivity (Wildman–Crippen MR) is 106 cm³/mol. The van der Waals surface area contributed by atoms with Crippen LogP contribution in [0.3, 0.4) is 0 Å². The van der Waals surface area contributed by atoms with Gasteiger partial charge in [-0.1, -0.05) is 48.5 Å². The van der Waals surface area contributed by atoms with Gasteiger partial charge < -0.3 is 10.1 Å². The lowest BCUT2D eigenvalue weighted by Crippen LogP contribution is -2.11. The van der Waals surface area contributed by atoms with Gasteiger partial charge in [-0.25, -0.2) is 0 Å². The summed E-state index contributed by atoms with van der Waals surface area (Å²) in [5.41, 5.74) is 2.38. The number of aromatic nitrogens is 2. The van der Waals surface area contributed by atoms with Gasteiger partial charge in [0.25, 0.3) is 5.91 Å². The Morgan fingerprint density at radius 2 is 1.89 bits per heavy atom. The number of nitrogens with one attached hydrogen (secondary N) is 1. The van der Waals surface area contributed by atoms with Crippen LogP contribution in [0.25, 0.3) is 10.8 Å². The van der Waals surface area contributed by atoms with Crippen molar-refractivity contribution in [3.63, 3.8) is 0 Å². The number of fused-ring (bicyclic) bond motifs is 1. The molecule has 5 nitrogen and oxygen atoms in total. The van der Waals surface area contributed by atoms with Gasteiger partial charge in [0.05, 0.1) is 25.5 Å². The molecule has 0 unspecified atom stereocenters. The molecule has 0 bridgehead atoms. The van der Waals surface area contributed by atoms with Crippen LogP contribution in [0.1, 0.15) is 15.9 Å². The van der Waals surface area contributed by atoms with Crippen molar-refractivity contribution in [2.75, 3.05) is 12.4 Å². The van der Waals surface area contributed by atoms with E-state index in [-0.39, 0.29) is 5.91 Å². The first kappa shape index (κ1) is 16.8. The molecule has 0 atom stereocenters. The second-order valence-corrected chi connectivity index (χ2v) is 6.25. The highest BCUT2D eigenvalue weighted by molar-refractivity contribution is 6.04. The Morgan fingerprint density at radius 3 is 2.78 bits per heavy atom. The second-order valence-electron chi connectivity index (χ2n) is 6.25. The summed E-state index contributed by atoms with van der Waals surface area (Å²) < 4.78 is 6.99. The number of hydrogen-bond donors (Lipinski definition) is 1. The lowest BCUT2D eigenvalue weighted by Gasteiger charge is -2.07. The van der Waals surface area contributed by atoms with Crippen molar-refractivity contribution in [2.45, 2.75) is 6.54 Å². The number of hydrogen-bond acceptors (Lipinski definition) is 3. The Morgan fingerprint density at radius 1 is 1.07 bits per heavy atom. The summed E-state index contributed by atoms with van der Waals surface area (Å²) in [6, 6.07) is 21.6. The number of benzene rings is 3. The molecule has 1 amide bonds. The summed E-state index contributed by atoms with van der Waals surface area (Å²) in [4.78, 5) is 12.4. The average molecular weight is 357 g/mol. The number of carbonyl (C=O) groups excluding carboxylic acids is 1. The van der Waals surface area contributed by atoms with Crippen LogP contribution < -0.4 is 10.1 Å². The zero-order valence-corrected chi connectivity index (χ0v) is 14.9. The Hall–Kier alpha value is -3.60. The summed E-state index contributed by atoms with van der Waals surface area (Å²) in [6.45, 7) is 0.635. The Balaban J connectivity index is 1.50. The van der Waals surface area contributed by atoms with E-state index in [2.05, 4.69) is 34.7 Å². The van der Waals surface area contributed by atoms with E-state index in [1.165, 1.54) is 16.3 Å². The molecule has 0 saturated heterocycles. The van der Waals surface area contributed by atoms with Crippen molar-refractivity contribution in [1.82, 2.24) is 9.78 Å². The molecule has 0 aliphatic carbocycles. The molecule has 134 valence electrons. The fourth-order valence-corrected chi connectivity index (χ4v) is 3.09. The number of carbonyl (C=O) groups is 1. The van der Waals surface area contributed by atoms with Crippen LogP contribution in [0.4, 0.5) is 5.69 Å². The lowest BCUT2D eigenvalue weighted by molar-refractivity contribution is 0.102. The Bertz CT molecular complexity index is 1100. The minimum Gasteiger partial charge on any atom is -0.497 e. The molecule has 1 N–H and O–H groups in total. The van der Waals surface area contributed by atoms with Crippen molar-refractivity contribution in [3.8, 4) is 5.75 Å². The molecule has 4 rings (SSSR count). The van der Waals surface area contributed by atoms with E-state index in [9.17, 15) is 4.79 Å². The topological polar surface area (TPSA) is 56.1 Å². The second kappa shape index (κ2) is 7.33. The van der Waals surface area contributed by atoms with Crippen molar-refractivity contribution < 1.29 is 9.53 Å². The highest BCUT2D eigenvalue weighted by atomic mass is 16.5. The van der Waals surface area contributed by atoms with Gasteiger partial charge in [0.2, 0.25) is 0 Å². The zero-order chi connectivity index (χ0) is 18.6. The van der Waals surface area contributed by atoms with E-state index in [4.69, 9.17) is 4.74 Å². The van der Waals surface area contributed by atoms with Crippen molar-refractivity contribution in [1.29, 1.82) is 0 Å². The van der Waals surface area contributed by atoms with E-state index in [1.54, 1.807) is 37.6 Å². The summed E-state index contributed by atoms with van der Waals surface area (Å²) >= 11 is 0. The van der Waals surface area contributed by atoms with E-state index in [1.807, 2.05) is 29.1 Å². The number of ether oxygens (including phenoxy) is 1. The van der Waals surface area contributed by atoms with Crippen LogP contribution in [0.2, 0.25) is 0 Å². The normalized spacial score (nSPS) is 10.7. The summed E-state index contributed by atoms with van der Waals surface area (Å²) in [7, 11) is 1.58. The third kappa shape index (κ3) is 3.67. The van der Waals surface area contributed by atoms with Gasteiger partial charge in [0, 0.05) is 11.8 Å². The van der Waals surface area contributed by atoms with Crippen LogP contribution in [0.5, 0.6) is 5.75 Å². The van der Waals surface area contributed by atoms with Crippen LogP contribution in [-0.2, 0) is 6.54 Å². The highest BCUT2D eigenvalue weighted by Crippen LogP contribution is 2.20. The van der Waals surface area contributed by atoms with Crippen LogP contribution in [0.15, 0.2) is 79.1 Å². The van der Waals surface area contributed by atoms with Gasteiger partial charge in [-0.2, -0.15) is 5.10 Å². The number of rotatable bonds is 5. The maximum Gasteiger partial charge on any atom is 0.255 e. The van der Waals surface area contributed by atoms with Crippen molar-refractivity contribution in [3.05, 3.63) is 90.3 Å². The molecule has 3 aromatic carbocycles. The maximum absolute atomic E-state index is 12.4. The molecule has 0 fully saturated rings. The summed E-state index contributed by atoms with van der Waals surface area (Å²) in [5, 5.41) is 9.66. The molecule has 27 heavy (non-hydrogen) atoms. The van der Waals surface area contributed by atoms with Gasteiger partial charge in [-0.3, -0.25) is 9.48 Å². The van der Waals surface area contributed by atoms with Gasteiger partial charge >= 0.3 is 0 Å². The van der Waals surface area contributed by atoms with E-state index < -0.39 is 0 Å². The molecule has 5 heteroatoms. The lowest BCUT2D eigenvalue weighted by atomic mass is 10.0. The molecular weight excluding hydrogens is 338 g/mol. The number of methoxy groups -OCH3 is 1. The van der Waals surface area contributed by atoms with Crippen LogP contribution in [-0.4, -0.2) is 22.8 Å². The summed E-state index contributed by atoms with van der Waals surface area (Å²) in [5.74, 6) is 0.452. The fourth-order valence-electron chi connectivity index (χ4n) is 3.09. The monoisotopic (exact) mass is 357 g/mol. The Kier molecular flexibility index (Phi) is 4.58. The number of amides is 1. The fraction of sp³-hybridized carbons (Fsp3) is 0.0909. The smallest absolute Gasteiger partial charge is 0.255 e. The first-order chi connectivity index (χ1) is 13.2. The third-order valence-electron chi connectivity index (χ3n) is 4.44. The first-order valence-corrected chi connectivity index (χ1v) is 8.67. The van der Waals surface area contributed by atoms with Crippen LogP contribution >= 0.6 is 0 Å². The van der Waals surface area contributed by atoms with E-state index in [0.29, 0.717) is 23.5 Å². The van der Waals surface area contributed by atoms with Crippen molar-refractivity contribution in [2.24, 2.45) is 0 Å². The standard InChI is InChI=1S/C22H19N3O2/c1-27-20-10-5-8-17(12-20)22(26)24-19-13-23-25(15-19)14-18-9-4-7-16-6-2-3-11-21(16)18/h2-13,15H,14H2,1H3,(H,24,26). The van der Waals surface area contributed by atoms with E-state index in [0.717, 1.165) is 0 Å². The van der Waals surface area contributed by atoms with Crippen molar-refractivity contribution >= 4 is 22.4 Å². The molecule has 4 aromatic rings. The molecule has 1 aromatic heterocycles. The summed E-state index contributed by atoms with van der Waals surface area (Å²) in [6.07, 6.45) is 3.49. The molecule has 0 radical (unpaired) electrons. The predicted octanol–water partition coefficient (Wildman–Crippen LogP) is 4.35. The highest BCUT2D eigenvalue weighted by Gasteiger charge is 2.09. The van der Waals surface area contributed by atoms with Gasteiger partial charge in [-0.15, -0.1) is 0 Å². The zero-order valence-electron chi connectivity index (χ0n) is 14.9. The SMILES string of the molecule is COc1cccc(C(=O)Nc2cnn(Cc3cccc4ccccc34)c2)c1. The van der Waals surface area contributed by atoms with Gasteiger partial charge in [0.15, 0.2) is 0 Å². The molecule has 0 aliphatic heterocycles. The molecule has 0 spiro atoms. The third-order valence-corrected chi connectivity index (χ3v) is 4.44. The minimum absolute atomic E-state index is 0.196. The van der Waals surface area contributed by atoms with Crippen LogP contribution in [0, 0.1) is 0 Å². The minimum atomic E-state index is -0.196. The van der Waals surface area contributed by atoms with Gasteiger partial charge in [0.1, 0.15) is 5.75 Å². The first-order valence-electron chi connectivity index (χ1n) is 8.67. The number of nitrogens with zero attached hydrogens (tertiary/aromatic N) is 2. The molecule has 1 heterocycles. The van der Waals surface area contributed by atoms with E-state index >= 15 is 0 Å². The average Bonchev–Trinajstić information content (AvgIpc) is 3.15. The van der Waals surface area contributed by atoms with Gasteiger partial charge in [-0.05, 0) is 34.5 Å². The molecule has 0 aliphatic rings. The molecular formula is C22H19N3O2. The maximum atomic E-state index is 12.4. The molecule has 0 saturated carbocycles. The quantitative estimate of drug-likeness (QED) is 0.578. The largest absolute Gasteiger partial charge is 0.497 e. The Labute approximate surface area is 157 Å².